The summed E-state index contributed by atoms with van der Waals surface area (Å²) < 4.78 is 78.8. The number of hydrogen-bond donors (Lipinski definition) is 0. The van der Waals surface area contributed by atoms with E-state index in [9.17, 15) is 41.3 Å². The van der Waals surface area contributed by atoms with Crippen molar-refractivity contribution >= 4 is 27.7 Å². The van der Waals surface area contributed by atoms with Crippen molar-refractivity contribution in [2.45, 2.75) is 18.0 Å². The van der Waals surface area contributed by atoms with E-state index in [1.165, 1.54) is 14.2 Å². The summed E-state index contributed by atoms with van der Waals surface area (Å²) >= 11 is 0. The van der Waals surface area contributed by atoms with Crippen LogP contribution < -0.4 is 9.47 Å². The van der Waals surface area contributed by atoms with Crippen LogP contribution in [0.1, 0.15) is 16.8 Å². The van der Waals surface area contributed by atoms with Gasteiger partial charge < -0.3 is 18.4 Å². The van der Waals surface area contributed by atoms with Crippen LogP contribution in [-0.4, -0.2) is 63.0 Å². The van der Waals surface area contributed by atoms with Crippen LogP contribution in [0, 0.1) is 10.1 Å². The molecule has 2 rings (SSSR count). The third kappa shape index (κ3) is 4.68. The van der Waals surface area contributed by atoms with Crippen molar-refractivity contribution in [3.63, 3.8) is 0 Å². The lowest BCUT2D eigenvalue weighted by atomic mass is 10.1. The maximum atomic E-state index is 13.0. The summed E-state index contributed by atoms with van der Waals surface area (Å²) in [6, 6.07) is 0.135. The molecular formula is C16H15F3N2O10S. The molecule has 1 heterocycles. The van der Waals surface area contributed by atoms with Crippen molar-refractivity contribution in [1.29, 1.82) is 0 Å². The Labute approximate surface area is 178 Å². The molecule has 176 valence electrons. The standard InChI is InChI=1S/C16H15F3N2O10S/c1-28-12-5-9(10(21(24)25)6-13(12)29-2)14(22)20-7-8(4-11(20)15(23)30-3)31-32(26,27)16(17,18)19/h5-7,11H,4H2,1-3H3/t11-/m0/s1. The lowest BCUT2D eigenvalue weighted by molar-refractivity contribution is -0.385. The number of ether oxygens (including phenoxy) is 3. The smallest absolute Gasteiger partial charge is 0.493 e. The molecule has 0 radical (unpaired) electrons. The van der Waals surface area contributed by atoms with E-state index in [0.717, 1.165) is 19.2 Å². The number of alkyl halides is 3. The van der Waals surface area contributed by atoms with Crippen LogP contribution in [0.15, 0.2) is 24.1 Å². The summed E-state index contributed by atoms with van der Waals surface area (Å²) in [7, 11) is -2.82. The molecule has 1 aromatic rings. The summed E-state index contributed by atoms with van der Waals surface area (Å²) in [5.74, 6) is -3.49. The second-order valence-corrected chi connectivity index (χ2v) is 7.55. The van der Waals surface area contributed by atoms with Crippen LogP contribution in [0.25, 0.3) is 0 Å². The summed E-state index contributed by atoms with van der Waals surface area (Å²) in [4.78, 5) is 36.1. The number of carbonyl (C=O) groups excluding carboxylic acids is 2. The molecule has 0 saturated heterocycles. The topological polar surface area (TPSA) is 152 Å². The van der Waals surface area contributed by atoms with Crippen LogP contribution in [0.4, 0.5) is 18.9 Å². The van der Waals surface area contributed by atoms with Gasteiger partial charge in [-0.3, -0.25) is 19.8 Å². The van der Waals surface area contributed by atoms with E-state index >= 15 is 0 Å². The van der Waals surface area contributed by atoms with E-state index in [1.807, 2.05) is 0 Å². The number of hydrogen-bond acceptors (Lipinski definition) is 10. The van der Waals surface area contributed by atoms with Crippen molar-refractivity contribution < 1.29 is 54.5 Å². The molecule has 0 N–H and O–H groups in total. The van der Waals surface area contributed by atoms with Crippen molar-refractivity contribution in [1.82, 2.24) is 4.90 Å². The Morgan fingerprint density at radius 2 is 1.72 bits per heavy atom. The number of methoxy groups -OCH3 is 3. The van der Waals surface area contributed by atoms with E-state index < -0.39 is 61.9 Å². The highest BCUT2D eigenvalue weighted by Crippen LogP contribution is 2.37. The van der Waals surface area contributed by atoms with Gasteiger partial charge in [0.15, 0.2) is 11.5 Å². The number of rotatable bonds is 7. The number of nitro groups is 1. The largest absolute Gasteiger partial charge is 0.534 e. The maximum Gasteiger partial charge on any atom is 0.534 e. The number of benzene rings is 1. The van der Waals surface area contributed by atoms with Gasteiger partial charge >= 0.3 is 21.6 Å². The Bertz CT molecular complexity index is 1080. The second kappa shape index (κ2) is 8.89. The van der Waals surface area contributed by atoms with E-state index in [0.29, 0.717) is 11.1 Å². The summed E-state index contributed by atoms with van der Waals surface area (Å²) in [5.41, 5.74) is -7.17. The first-order valence-corrected chi connectivity index (χ1v) is 9.70. The fourth-order valence-corrected chi connectivity index (χ4v) is 3.18. The van der Waals surface area contributed by atoms with Crippen LogP contribution in [-0.2, 0) is 23.8 Å². The van der Waals surface area contributed by atoms with Crippen molar-refractivity contribution in [2.24, 2.45) is 0 Å². The number of esters is 1. The van der Waals surface area contributed by atoms with Crippen molar-refractivity contribution in [3.8, 4) is 11.5 Å². The number of nitro benzene ring substituents is 1. The van der Waals surface area contributed by atoms with Gasteiger partial charge in [0, 0.05) is 18.7 Å². The first-order chi connectivity index (χ1) is 14.8. The summed E-state index contributed by atoms with van der Waals surface area (Å²) in [6.07, 6.45) is -0.275. The molecule has 0 fully saturated rings. The van der Waals surface area contributed by atoms with Gasteiger partial charge in [-0.15, -0.1) is 0 Å². The third-order valence-corrected chi connectivity index (χ3v) is 5.15. The zero-order valence-electron chi connectivity index (χ0n) is 16.5. The molecule has 0 bridgehead atoms. The average molecular weight is 484 g/mol. The highest BCUT2D eigenvalue weighted by molar-refractivity contribution is 7.87. The number of carbonyl (C=O) groups is 2. The molecule has 0 saturated carbocycles. The average Bonchev–Trinajstić information content (AvgIpc) is 3.13. The Morgan fingerprint density at radius 1 is 1.16 bits per heavy atom. The van der Waals surface area contributed by atoms with Gasteiger partial charge in [0.2, 0.25) is 0 Å². The minimum absolute atomic E-state index is 0.0995. The Balaban J connectivity index is 2.57. The van der Waals surface area contributed by atoms with Gasteiger partial charge in [-0.2, -0.15) is 21.6 Å². The first-order valence-electron chi connectivity index (χ1n) is 8.29. The van der Waals surface area contributed by atoms with Gasteiger partial charge in [0.1, 0.15) is 17.4 Å². The molecule has 0 unspecified atom stereocenters. The van der Waals surface area contributed by atoms with Gasteiger partial charge in [-0.05, 0) is 0 Å². The molecule has 16 heteroatoms. The normalized spacial score (nSPS) is 16.2. The van der Waals surface area contributed by atoms with E-state index in [1.54, 1.807) is 0 Å². The van der Waals surface area contributed by atoms with Gasteiger partial charge in [0.25, 0.3) is 11.6 Å². The lowest BCUT2D eigenvalue weighted by Gasteiger charge is -2.21. The molecule has 12 nitrogen and oxygen atoms in total. The van der Waals surface area contributed by atoms with Gasteiger partial charge in [-0.1, -0.05) is 0 Å². The third-order valence-electron chi connectivity index (χ3n) is 4.15. The lowest BCUT2D eigenvalue weighted by Crippen LogP contribution is -2.39. The fourth-order valence-electron chi connectivity index (χ4n) is 2.69. The Morgan fingerprint density at radius 3 is 2.19 bits per heavy atom. The predicted octanol–water partition coefficient (Wildman–Crippen LogP) is 1.71. The molecule has 0 aromatic heterocycles. The highest BCUT2D eigenvalue weighted by atomic mass is 32.2. The summed E-state index contributed by atoms with van der Waals surface area (Å²) in [5, 5.41) is 11.4. The SMILES string of the molecule is COC(=O)[C@@H]1CC(OS(=O)(=O)C(F)(F)F)=CN1C(=O)c1cc(OC)c(OC)cc1[N+](=O)[O-]. The molecule has 1 aromatic carbocycles. The minimum Gasteiger partial charge on any atom is -0.493 e. The molecule has 1 atom stereocenters. The van der Waals surface area contributed by atoms with Crippen molar-refractivity contribution in [2.75, 3.05) is 21.3 Å². The Hall–Kier alpha value is -3.56. The number of amides is 1. The molecule has 1 aliphatic rings. The van der Waals surface area contributed by atoms with Crippen LogP contribution in [0.2, 0.25) is 0 Å². The second-order valence-electron chi connectivity index (χ2n) is 6.02. The van der Waals surface area contributed by atoms with Gasteiger partial charge in [-0.25, -0.2) is 4.79 Å². The monoisotopic (exact) mass is 484 g/mol. The number of halogens is 3. The first kappa shape index (κ1) is 24.7. The quantitative estimate of drug-likeness (QED) is 0.184. The molecular weight excluding hydrogens is 469 g/mol. The number of nitrogens with zero attached hydrogens (tertiary/aromatic N) is 2. The van der Waals surface area contributed by atoms with Crippen molar-refractivity contribution in [3.05, 3.63) is 39.8 Å². The fraction of sp³-hybridized carbons (Fsp3) is 0.375. The maximum absolute atomic E-state index is 13.0. The molecule has 0 aliphatic carbocycles. The zero-order valence-corrected chi connectivity index (χ0v) is 17.4. The van der Waals surface area contributed by atoms with Crippen LogP contribution >= 0.6 is 0 Å². The molecule has 1 amide bonds. The summed E-state index contributed by atoms with van der Waals surface area (Å²) in [6.45, 7) is 0. The van der Waals surface area contributed by atoms with E-state index in [-0.39, 0.29) is 11.5 Å². The zero-order chi connectivity index (χ0) is 24.4. The minimum atomic E-state index is -6.10. The predicted molar refractivity (Wildman–Crippen MR) is 96.9 cm³/mol. The van der Waals surface area contributed by atoms with E-state index in [2.05, 4.69) is 8.92 Å². The molecule has 1 aliphatic heterocycles. The Kier molecular flexibility index (Phi) is 6.87. The highest BCUT2D eigenvalue weighted by Gasteiger charge is 2.50. The van der Waals surface area contributed by atoms with Crippen LogP contribution in [0.3, 0.4) is 0 Å². The van der Waals surface area contributed by atoms with Crippen LogP contribution in [0.5, 0.6) is 11.5 Å². The molecule has 32 heavy (non-hydrogen) atoms. The van der Waals surface area contributed by atoms with Gasteiger partial charge in [0.05, 0.1) is 32.3 Å². The molecule has 0 spiro atoms. The van der Waals surface area contributed by atoms with E-state index in [4.69, 9.17) is 9.47 Å².